The topological polar surface area (TPSA) is 13.1 Å². The van der Waals surface area contributed by atoms with E-state index in [-0.39, 0.29) is 0 Å². The highest BCUT2D eigenvalue weighted by molar-refractivity contribution is 5.48. The first-order valence-corrected chi connectivity index (χ1v) is 2.75. The van der Waals surface area contributed by atoms with E-state index in [1.807, 2.05) is 18.2 Å². The van der Waals surface area contributed by atoms with Gasteiger partial charge in [0.15, 0.2) is 0 Å². The van der Waals surface area contributed by atoms with Crippen LogP contribution in [-0.4, -0.2) is 0 Å². The van der Waals surface area contributed by atoms with Gasteiger partial charge in [0.05, 0.1) is 12.5 Å². The summed E-state index contributed by atoms with van der Waals surface area (Å²) in [6.07, 6.45) is 8.84. The van der Waals surface area contributed by atoms with E-state index in [1.54, 1.807) is 18.6 Å². The number of furan rings is 1. The van der Waals surface area contributed by atoms with Gasteiger partial charge in [0.1, 0.15) is 0 Å². The van der Waals surface area contributed by atoms with Crippen LogP contribution in [0, 0.1) is 0 Å². The quantitative estimate of drug-likeness (QED) is 0.546. The first kappa shape index (κ1) is 5.89. The second kappa shape index (κ2) is 2.92. The molecule has 0 saturated carbocycles. The number of allylic oxidation sites excluding steroid dienone is 2. The van der Waals surface area contributed by atoms with Gasteiger partial charge in [0, 0.05) is 5.56 Å². The molecular formula is C8H8O. The molecule has 0 aliphatic rings. The molecule has 0 aromatic carbocycles. The van der Waals surface area contributed by atoms with Crippen molar-refractivity contribution in [3.05, 3.63) is 42.9 Å². The Bertz CT molecular complexity index is 194. The molecule has 0 radical (unpaired) electrons. The van der Waals surface area contributed by atoms with Crippen LogP contribution in [0.1, 0.15) is 5.56 Å². The molecule has 0 saturated heterocycles. The molecule has 0 spiro atoms. The zero-order chi connectivity index (χ0) is 6.53. The predicted molar refractivity (Wildman–Crippen MR) is 37.9 cm³/mol. The summed E-state index contributed by atoms with van der Waals surface area (Å²) in [5.74, 6) is 0. The lowest BCUT2D eigenvalue weighted by Crippen LogP contribution is -1.55. The highest BCUT2D eigenvalue weighted by atomic mass is 16.3. The SMILES string of the molecule is C=C/C=C/c1ccoc1. The molecule has 0 unspecified atom stereocenters. The summed E-state index contributed by atoms with van der Waals surface area (Å²) in [7, 11) is 0. The molecule has 0 N–H and O–H groups in total. The minimum absolute atomic E-state index is 1.06. The maximum absolute atomic E-state index is 4.83. The minimum Gasteiger partial charge on any atom is -0.472 e. The Morgan fingerprint density at radius 2 is 2.44 bits per heavy atom. The van der Waals surface area contributed by atoms with Gasteiger partial charge < -0.3 is 4.42 Å². The lowest BCUT2D eigenvalue weighted by molar-refractivity contribution is 0.567. The molecule has 0 aliphatic carbocycles. The number of rotatable bonds is 2. The van der Waals surface area contributed by atoms with Crippen LogP contribution in [0.3, 0.4) is 0 Å². The first-order chi connectivity index (χ1) is 4.43. The van der Waals surface area contributed by atoms with Gasteiger partial charge >= 0.3 is 0 Å². The van der Waals surface area contributed by atoms with E-state index >= 15 is 0 Å². The monoisotopic (exact) mass is 120 g/mol. The lowest BCUT2D eigenvalue weighted by atomic mass is 10.3. The molecule has 1 aromatic rings. The first-order valence-electron chi connectivity index (χ1n) is 2.75. The van der Waals surface area contributed by atoms with Gasteiger partial charge in [0.25, 0.3) is 0 Å². The Hall–Kier alpha value is -1.24. The molecule has 1 heteroatoms. The molecule has 46 valence electrons. The second-order valence-corrected chi connectivity index (χ2v) is 1.65. The van der Waals surface area contributed by atoms with Crippen molar-refractivity contribution in [3.63, 3.8) is 0 Å². The largest absolute Gasteiger partial charge is 0.472 e. The Morgan fingerprint density at radius 3 is 3.00 bits per heavy atom. The fraction of sp³-hybridized carbons (Fsp3) is 0. The van der Waals surface area contributed by atoms with Crippen molar-refractivity contribution in [2.45, 2.75) is 0 Å². The highest BCUT2D eigenvalue weighted by Crippen LogP contribution is 2.01. The summed E-state index contributed by atoms with van der Waals surface area (Å²) in [6, 6.07) is 1.89. The Balaban J connectivity index is 2.67. The zero-order valence-corrected chi connectivity index (χ0v) is 5.08. The van der Waals surface area contributed by atoms with Crippen molar-refractivity contribution < 1.29 is 4.42 Å². The van der Waals surface area contributed by atoms with E-state index in [1.165, 1.54) is 0 Å². The molecule has 1 heterocycles. The lowest BCUT2D eigenvalue weighted by Gasteiger charge is -1.74. The van der Waals surface area contributed by atoms with Crippen LogP contribution in [0.2, 0.25) is 0 Å². The van der Waals surface area contributed by atoms with Gasteiger partial charge in [-0.3, -0.25) is 0 Å². The molecule has 9 heavy (non-hydrogen) atoms. The number of hydrogen-bond donors (Lipinski definition) is 0. The van der Waals surface area contributed by atoms with E-state index in [2.05, 4.69) is 6.58 Å². The molecule has 1 rings (SSSR count). The van der Waals surface area contributed by atoms with Crippen LogP contribution < -0.4 is 0 Å². The van der Waals surface area contributed by atoms with Crippen molar-refractivity contribution >= 4 is 6.08 Å². The highest BCUT2D eigenvalue weighted by Gasteiger charge is 1.82. The average molecular weight is 120 g/mol. The minimum atomic E-state index is 1.06. The van der Waals surface area contributed by atoms with Crippen LogP contribution in [0.5, 0.6) is 0 Å². The number of hydrogen-bond acceptors (Lipinski definition) is 1. The smallest absolute Gasteiger partial charge is 0.0974 e. The van der Waals surface area contributed by atoms with Crippen molar-refractivity contribution in [2.24, 2.45) is 0 Å². The van der Waals surface area contributed by atoms with Crippen LogP contribution in [0.15, 0.2) is 41.7 Å². The van der Waals surface area contributed by atoms with Crippen LogP contribution in [0.25, 0.3) is 6.08 Å². The predicted octanol–water partition coefficient (Wildman–Crippen LogP) is 2.48. The van der Waals surface area contributed by atoms with Gasteiger partial charge in [-0.2, -0.15) is 0 Å². The summed E-state index contributed by atoms with van der Waals surface area (Å²) in [5, 5.41) is 0. The fourth-order valence-electron chi connectivity index (χ4n) is 0.549. The van der Waals surface area contributed by atoms with E-state index in [0.717, 1.165) is 5.56 Å². The summed E-state index contributed by atoms with van der Waals surface area (Å²) in [4.78, 5) is 0. The summed E-state index contributed by atoms with van der Waals surface area (Å²) in [6.45, 7) is 3.54. The van der Waals surface area contributed by atoms with Crippen LogP contribution in [0.4, 0.5) is 0 Å². The van der Waals surface area contributed by atoms with E-state index in [9.17, 15) is 0 Å². The summed E-state index contributed by atoms with van der Waals surface area (Å²) in [5.41, 5.74) is 1.06. The molecule has 1 nitrogen and oxygen atoms in total. The maximum Gasteiger partial charge on any atom is 0.0974 e. The molecule has 0 fully saturated rings. The van der Waals surface area contributed by atoms with Crippen molar-refractivity contribution in [1.29, 1.82) is 0 Å². The third-order valence-corrected chi connectivity index (χ3v) is 0.968. The fourth-order valence-corrected chi connectivity index (χ4v) is 0.549. The Morgan fingerprint density at radius 1 is 1.56 bits per heavy atom. The Kier molecular flexibility index (Phi) is 1.91. The van der Waals surface area contributed by atoms with Gasteiger partial charge in [-0.15, -0.1) is 0 Å². The molecule has 0 bridgehead atoms. The van der Waals surface area contributed by atoms with Gasteiger partial charge in [0.2, 0.25) is 0 Å². The van der Waals surface area contributed by atoms with Crippen LogP contribution in [-0.2, 0) is 0 Å². The van der Waals surface area contributed by atoms with Crippen LogP contribution >= 0.6 is 0 Å². The van der Waals surface area contributed by atoms with Crippen molar-refractivity contribution in [2.75, 3.05) is 0 Å². The van der Waals surface area contributed by atoms with Gasteiger partial charge in [-0.1, -0.05) is 24.8 Å². The molecule has 0 atom stereocenters. The van der Waals surface area contributed by atoms with E-state index in [4.69, 9.17) is 4.42 Å². The normalized spacial score (nSPS) is 10.2. The Labute approximate surface area is 54.3 Å². The molecular weight excluding hydrogens is 112 g/mol. The molecule has 0 aliphatic heterocycles. The second-order valence-electron chi connectivity index (χ2n) is 1.65. The zero-order valence-electron chi connectivity index (χ0n) is 5.08. The molecule has 1 aromatic heterocycles. The van der Waals surface area contributed by atoms with Crippen molar-refractivity contribution in [3.8, 4) is 0 Å². The third kappa shape index (κ3) is 1.61. The molecule has 0 amide bonds. The summed E-state index contributed by atoms with van der Waals surface area (Å²) >= 11 is 0. The van der Waals surface area contributed by atoms with E-state index in [0.29, 0.717) is 0 Å². The maximum atomic E-state index is 4.83. The van der Waals surface area contributed by atoms with Gasteiger partial charge in [-0.05, 0) is 6.07 Å². The van der Waals surface area contributed by atoms with Gasteiger partial charge in [-0.25, -0.2) is 0 Å². The standard InChI is InChI=1S/C8H8O/c1-2-3-4-8-5-6-9-7-8/h2-7H,1H2/b4-3+. The van der Waals surface area contributed by atoms with Crippen molar-refractivity contribution in [1.82, 2.24) is 0 Å². The van der Waals surface area contributed by atoms with E-state index < -0.39 is 0 Å². The third-order valence-electron chi connectivity index (χ3n) is 0.968. The average Bonchev–Trinajstić information content (AvgIpc) is 2.34. The summed E-state index contributed by atoms with van der Waals surface area (Å²) < 4.78 is 4.83.